The van der Waals surface area contributed by atoms with Gasteiger partial charge in [0.2, 0.25) is 0 Å². The van der Waals surface area contributed by atoms with Crippen LogP contribution in [-0.2, 0) is 4.74 Å². The van der Waals surface area contributed by atoms with Gasteiger partial charge in [0.15, 0.2) is 0 Å². The van der Waals surface area contributed by atoms with Gasteiger partial charge in [0.05, 0.1) is 21.5 Å². The van der Waals surface area contributed by atoms with E-state index in [-0.39, 0.29) is 10.4 Å². The van der Waals surface area contributed by atoms with Crippen molar-refractivity contribution in [1.82, 2.24) is 9.97 Å². The van der Waals surface area contributed by atoms with Crippen LogP contribution in [0.25, 0.3) is 11.0 Å². The smallest absolute Gasteiger partial charge is 0.314 e. The van der Waals surface area contributed by atoms with Crippen molar-refractivity contribution in [3.8, 4) is 0 Å². The lowest BCUT2D eigenvalue weighted by molar-refractivity contribution is 0.0198. The number of hydrogen-bond donors (Lipinski definition) is 2. The fourth-order valence-corrected chi connectivity index (χ4v) is 3.29. The summed E-state index contributed by atoms with van der Waals surface area (Å²) in [6.07, 6.45) is 2.04. The molecule has 2 atom stereocenters. The van der Waals surface area contributed by atoms with E-state index in [9.17, 15) is 9.59 Å². The summed E-state index contributed by atoms with van der Waals surface area (Å²) in [6, 6.07) is 5.61. The molecule has 1 saturated heterocycles. The predicted molar refractivity (Wildman–Crippen MR) is 80.4 cm³/mol. The van der Waals surface area contributed by atoms with Crippen LogP contribution in [0.1, 0.15) is 30.2 Å². The molecule has 3 rings (SSSR count). The predicted octanol–water partition coefficient (Wildman–Crippen LogP) is 2.22. The van der Waals surface area contributed by atoms with Gasteiger partial charge in [-0.3, -0.25) is 9.59 Å². The number of hydrogen-bond acceptors (Lipinski definition) is 3. The average molecular weight is 339 g/mol. The van der Waals surface area contributed by atoms with E-state index in [2.05, 4.69) is 32.8 Å². The summed E-state index contributed by atoms with van der Waals surface area (Å²) < 4.78 is 5.83. The molecule has 5 nitrogen and oxygen atoms in total. The second-order valence-corrected chi connectivity index (χ2v) is 6.26. The summed E-state index contributed by atoms with van der Waals surface area (Å²) in [5, 5.41) is 0. The Kier molecular flexibility index (Phi) is 3.30. The first-order chi connectivity index (χ1) is 9.49. The number of benzene rings is 1. The Balaban J connectivity index is 2.06. The Morgan fingerprint density at radius 1 is 1.25 bits per heavy atom. The number of H-pyrrole nitrogens is 2. The van der Waals surface area contributed by atoms with Gasteiger partial charge >= 0.3 is 11.1 Å². The van der Waals surface area contributed by atoms with Gasteiger partial charge in [0.1, 0.15) is 0 Å². The van der Waals surface area contributed by atoms with E-state index >= 15 is 0 Å². The third kappa shape index (κ3) is 2.23. The first-order valence-electron chi connectivity index (χ1n) is 6.54. The molecule has 0 bridgehead atoms. The molecule has 1 aromatic carbocycles. The van der Waals surface area contributed by atoms with Crippen LogP contribution in [0.4, 0.5) is 0 Å². The Morgan fingerprint density at radius 3 is 2.60 bits per heavy atom. The maximum atomic E-state index is 11.4. The van der Waals surface area contributed by atoms with Crippen molar-refractivity contribution in [1.29, 1.82) is 0 Å². The van der Waals surface area contributed by atoms with Crippen molar-refractivity contribution in [2.75, 3.05) is 6.61 Å². The van der Waals surface area contributed by atoms with E-state index in [1.54, 1.807) is 6.07 Å². The molecule has 0 saturated carbocycles. The van der Waals surface area contributed by atoms with Crippen LogP contribution < -0.4 is 11.1 Å². The number of alkyl halides is 1. The SMILES string of the molecule is CC1(C(Br)c2ccc3[nH]c(=O)c(=O)[nH]c3c2)CCCO1. The quantitative estimate of drug-likeness (QED) is 0.651. The molecule has 1 aromatic heterocycles. The van der Waals surface area contributed by atoms with E-state index in [1.807, 2.05) is 12.1 Å². The van der Waals surface area contributed by atoms with E-state index in [0.717, 1.165) is 25.0 Å². The lowest BCUT2D eigenvalue weighted by Crippen LogP contribution is -2.30. The van der Waals surface area contributed by atoms with Crippen LogP contribution in [0, 0.1) is 0 Å². The highest BCUT2D eigenvalue weighted by Gasteiger charge is 2.37. The summed E-state index contributed by atoms with van der Waals surface area (Å²) >= 11 is 3.70. The summed E-state index contributed by atoms with van der Waals surface area (Å²) in [6.45, 7) is 2.86. The summed E-state index contributed by atoms with van der Waals surface area (Å²) in [5.41, 5.74) is 0.755. The zero-order chi connectivity index (χ0) is 14.3. The number of fused-ring (bicyclic) bond motifs is 1. The van der Waals surface area contributed by atoms with Crippen LogP contribution in [0.5, 0.6) is 0 Å². The minimum atomic E-state index is -0.635. The Morgan fingerprint density at radius 2 is 1.95 bits per heavy atom. The molecule has 0 amide bonds. The van der Waals surface area contributed by atoms with Crippen molar-refractivity contribution < 1.29 is 4.74 Å². The molecule has 0 radical (unpaired) electrons. The molecule has 2 aromatic rings. The van der Waals surface area contributed by atoms with Crippen LogP contribution >= 0.6 is 15.9 Å². The fourth-order valence-electron chi connectivity index (χ4n) is 2.64. The first kappa shape index (κ1) is 13.6. The molecule has 106 valence electrons. The number of aromatic amines is 2. The molecule has 0 aliphatic carbocycles. The molecule has 1 aliphatic heterocycles. The molecule has 1 fully saturated rings. The van der Waals surface area contributed by atoms with Gasteiger partial charge in [0.25, 0.3) is 0 Å². The van der Waals surface area contributed by atoms with Gasteiger partial charge in [-0.05, 0) is 37.5 Å². The van der Waals surface area contributed by atoms with Gasteiger partial charge in [-0.2, -0.15) is 0 Å². The minimum Gasteiger partial charge on any atom is -0.374 e. The number of nitrogens with one attached hydrogen (secondary N) is 2. The lowest BCUT2D eigenvalue weighted by Gasteiger charge is -2.29. The van der Waals surface area contributed by atoms with Crippen molar-refractivity contribution in [3.05, 3.63) is 44.5 Å². The number of halogens is 1. The van der Waals surface area contributed by atoms with Crippen LogP contribution in [-0.4, -0.2) is 22.2 Å². The van der Waals surface area contributed by atoms with Crippen molar-refractivity contribution in [3.63, 3.8) is 0 Å². The first-order valence-corrected chi connectivity index (χ1v) is 7.45. The third-order valence-electron chi connectivity index (χ3n) is 3.82. The van der Waals surface area contributed by atoms with Crippen molar-refractivity contribution >= 4 is 27.0 Å². The fraction of sp³-hybridized carbons (Fsp3) is 0.429. The monoisotopic (exact) mass is 338 g/mol. The zero-order valence-electron chi connectivity index (χ0n) is 11.0. The molecule has 2 heterocycles. The topological polar surface area (TPSA) is 75.0 Å². The van der Waals surface area contributed by atoms with E-state index in [4.69, 9.17) is 4.74 Å². The zero-order valence-corrected chi connectivity index (χ0v) is 12.6. The molecule has 20 heavy (non-hydrogen) atoms. The maximum absolute atomic E-state index is 11.4. The largest absolute Gasteiger partial charge is 0.374 e. The van der Waals surface area contributed by atoms with Gasteiger partial charge in [-0.25, -0.2) is 0 Å². The standard InChI is InChI=1S/C14H15BrN2O3/c1-14(5-2-6-20-14)11(15)8-3-4-9-10(7-8)17-13(19)12(18)16-9/h3-4,7,11H,2,5-6H2,1H3,(H,16,18)(H,17,19). The summed E-state index contributed by atoms with van der Waals surface area (Å²) in [4.78, 5) is 27.9. The van der Waals surface area contributed by atoms with Gasteiger partial charge < -0.3 is 14.7 Å². The lowest BCUT2D eigenvalue weighted by atomic mass is 9.93. The molecule has 2 unspecified atom stereocenters. The molecule has 6 heteroatoms. The maximum Gasteiger partial charge on any atom is 0.314 e. The van der Waals surface area contributed by atoms with E-state index < -0.39 is 11.1 Å². The molecule has 2 N–H and O–H groups in total. The highest BCUT2D eigenvalue weighted by Crippen LogP contribution is 2.43. The van der Waals surface area contributed by atoms with Gasteiger partial charge in [-0.15, -0.1) is 0 Å². The average Bonchev–Trinajstić information content (AvgIpc) is 2.87. The van der Waals surface area contributed by atoms with Crippen molar-refractivity contribution in [2.45, 2.75) is 30.2 Å². The van der Waals surface area contributed by atoms with Gasteiger partial charge in [0, 0.05) is 6.61 Å². The second-order valence-electron chi connectivity index (χ2n) is 5.34. The second kappa shape index (κ2) is 4.86. The highest BCUT2D eigenvalue weighted by molar-refractivity contribution is 9.09. The Bertz CT molecular complexity index is 759. The van der Waals surface area contributed by atoms with Crippen molar-refractivity contribution in [2.24, 2.45) is 0 Å². The molecular formula is C14H15BrN2O3. The minimum absolute atomic E-state index is 0.0392. The van der Waals surface area contributed by atoms with Gasteiger partial charge in [-0.1, -0.05) is 22.0 Å². The van der Waals surface area contributed by atoms with E-state index in [1.165, 1.54) is 0 Å². The highest BCUT2D eigenvalue weighted by atomic mass is 79.9. The third-order valence-corrected chi connectivity index (χ3v) is 5.32. The molecular weight excluding hydrogens is 324 g/mol. The number of aromatic nitrogens is 2. The van der Waals surface area contributed by atoms with Crippen LogP contribution in [0.15, 0.2) is 27.8 Å². The molecule has 0 spiro atoms. The summed E-state index contributed by atoms with van der Waals surface area (Å²) in [7, 11) is 0. The normalized spacial score (nSPS) is 24.1. The summed E-state index contributed by atoms with van der Waals surface area (Å²) in [5.74, 6) is 0. The number of ether oxygens (including phenoxy) is 1. The van der Waals surface area contributed by atoms with Crippen LogP contribution in [0.3, 0.4) is 0 Å². The Hall–Kier alpha value is -1.40. The molecule has 1 aliphatic rings. The van der Waals surface area contributed by atoms with E-state index in [0.29, 0.717) is 11.0 Å². The number of rotatable bonds is 2. The Labute approximate surface area is 123 Å². The van der Waals surface area contributed by atoms with Crippen LogP contribution in [0.2, 0.25) is 0 Å².